The first-order chi connectivity index (χ1) is 6.24. The van der Waals surface area contributed by atoms with Gasteiger partial charge in [-0.3, -0.25) is 4.90 Å². The summed E-state index contributed by atoms with van der Waals surface area (Å²) in [6.07, 6.45) is 5.61. The lowest BCUT2D eigenvalue weighted by molar-refractivity contribution is 0.120. The maximum atomic E-state index is 2.58. The zero-order valence-corrected chi connectivity index (χ0v) is 9.16. The number of nitrogens with zero attached hydrogens (tertiary/aromatic N) is 2. The van der Waals surface area contributed by atoms with Gasteiger partial charge in [0.2, 0.25) is 0 Å². The van der Waals surface area contributed by atoms with Crippen LogP contribution in [0.1, 0.15) is 20.3 Å². The highest BCUT2D eigenvalue weighted by atomic mass is 15.3. The van der Waals surface area contributed by atoms with Crippen molar-refractivity contribution in [3.8, 4) is 0 Å². The van der Waals surface area contributed by atoms with Gasteiger partial charge in [0.25, 0.3) is 0 Å². The monoisotopic (exact) mass is 182 g/mol. The molecule has 1 unspecified atom stereocenters. The molecule has 0 amide bonds. The lowest BCUT2D eigenvalue weighted by atomic mass is 10.1. The molecule has 1 fully saturated rings. The molecule has 2 heteroatoms. The van der Waals surface area contributed by atoms with Gasteiger partial charge in [-0.25, -0.2) is 0 Å². The van der Waals surface area contributed by atoms with Crippen molar-refractivity contribution in [2.75, 3.05) is 33.2 Å². The van der Waals surface area contributed by atoms with Gasteiger partial charge in [-0.05, 0) is 27.3 Å². The fourth-order valence-electron chi connectivity index (χ4n) is 1.74. The van der Waals surface area contributed by atoms with Crippen molar-refractivity contribution in [3.05, 3.63) is 12.2 Å². The molecule has 1 aliphatic heterocycles. The zero-order chi connectivity index (χ0) is 9.68. The molecule has 1 atom stereocenters. The van der Waals surface area contributed by atoms with E-state index in [0.29, 0.717) is 6.04 Å². The quantitative estimate of drug-likeness (QED) is 0.612. The smallest absolute Gasteiger partial charge is 0.0113 e. The predicted molar refractivity (Wildman–Crippen MR) is 58.0 cm³/mol. The van der Waals surface area contributed by atoms with Gasteiger partial charge in [0.05, 0.1) is 0 Å². The number of hydrogen-bond acceptors (Lipinski definition) is 2. The van der Waals surface area contributed by atoms with Crippen molar-refractivity contribution in [3.63, 3.8) is 0 Å². The SMILES string of the molecule is CC=CCC(C)N1CCN(C)CC1. The fraction of sp³-hybridized carbons (Fsp3) is 0.818. The summed E-state index contributed by atoms with van der Waals surface area (Å²) in [6.45, 7) is 9.33. The zero-order valence-electron chi connectivity index (χ0n) is 9.16. The molecule has 0 aliphatic carbocycles. The Labute approximate surface area is 82.2 Å². The summed E-state index contributed by atoms with van der Waals surface area (Å²) in [4.78, 5) is 4.98. The van der Waals surface area contributed by atoms with E-state index >= 15 is 0 Å². The summed E-state index contributed by atoms with van der Waals surface area (Å²) in [5.41, 5.74) is 0. The number of allylic oxidation sites excluding steroid dienone is 1. The van der Waals surface area contributed by atoms with E-state index in [-0.39, 0.29) is 0 Å². The lowest BCUT2D eigenvalue weighted by Crippen LogP contribution is -2.47. The summed E-state index contributed by atoms with van der Waals surface area (Å²) in [7, 11) is 2.20. The van der Waals surface area contributed by atoms with Crippen LogP contribution in [0.4, 0.5) is 0 Å². The molecule has 0 spiro atoms. The Morgan fingerprint density at radius 2 is 1.85 bits per heavy atom. The van der Waals surface area contributed by atoms with Crippen molar-refractivity contribution < 1.29 is 0 Å². The topological polar surface area (TPSA) is 6.48 Å². The number of rotatable bonds is 3. The van der Waals surface area contributed by atoms with Gasteiger partial charge < -0.3 is 4.90 Å². The Kier molecular flexibility index (Phi) is 4.46. The van der Waals surface area contributed by atoms with Crippen LogP contribution in [0.15, 0.2) is 12.2 Å². The first-order valence-electron chi connectivity index (χ1n) is 5.27. The lowest BCUT2D eigenvalue weighted by Gasteiger charge is -2.36. The molecule has 1 heterocycles. The maximum absolute atomic E-state index is 2.58. The van der Waals surface area contributed by atoms with E-state index in [1.54, 1.807) is 0 Å². The minimum atomic E-state index is 0.713. The predicted octanol–water partition coefficient (Wildman–Crippen LogP) is 1.59. The highest BCUT2D eigenvalue weighted by Gasteiger charge is 2.17. The third kappa shape index (κ3) is 3.49. The fourth-order valence-corrected chi connectivity index (χ4v) is 1.74. The van der Waals surface area contributed by atoms with Crippen LogP contribution in [0.5, 0.6) is 0 Å². The van der Waals surface area contributed by atoms with E-state index < -0.39 is 0 Å². The van der Waals surface area contributed by atoms with Crippen LogP contribution < -0.4 is 0 Å². The van der Waals surface area contributed by atoms with Gasteiger partial charge >= 0.3 is 0 Å². The van der Waals surface area contributed by atoms with E-state index in [1.807, 2.05) is 0 Å². The van der Waals surface area contributed by atoms with Crippen LogP contribution in [0, 0.1) is 0 Å². The minimum absolute atomic E-state index is 0.713. The molecule has 0 radical (unpaired) electrons. The Balaban J connectivity index is 2.27. The molecule has 0 aromatic rings. The first kappa shape index (κ1) is 10.7. The maximum Gasteiger partial charge on any atom is 0.0113 e. The summed E-state index contributed by atoms with van der Waals surface area (Å²) < 4.78 is 0. The second-order valence-corrected chi connectivity index (χ2v) is 3.99. The Hall–Kier alpha value is -0.340. The molecule has 1 aliphatic rings. The largest absolute Gasteiger partial charge is 0.304 e. The Bertz CT molecular complexity index is 157. The molecule has 0 N–H and O–H groups in total. The number of piperazine rings is 1. The van der Waals surface area contributed by atoms with E-state index in [1.165, 1.54) is 32.6 Å². The van der Waals surface area contributed by atoms with Crippen molar-refractivity contribution in [1.82, 2.24) is 9.80 Å². The average molecular weight is 182 g/mol. The molecule has 1 saturated heterocycles. The van der Waals surface area contributed by atoms with Gasteiger partial charge in [0.1, 0.15) is 0 Å². The highest BCUT2D eigenvalue weighted by Crippen LogP contribution is 2.08. The van der Waals surface area contributed by atoms with E-state index in [4.69, 9.17) is 0 Å². The van der Waals surface area contributed by atoms with Crippen molar-refractivity contribution in [1.29, 1.82) is 0 Å². The second-order valence-electron chi connectivity index (χ2n) is 3.99. The van der Waals surface area contributed by atoms with Gasteiger partial charge in [0.15, 0.2) is 0 Å². The van der Waals surface area contributed by atoms with Crippen LogP contribution in [0.2, 0.25) is 0 Å². The van der Waals surface area contributed by atoms with Crippen LogP contribution in [0.25, 0.3) is 0 Å². The minimum Gasteiger partial charge on any atom is -0.304 e. The van der Waals surface area contributed by atoms with Crippen LogP contribution in [0.3, 0.4) is 0 Å². The Morgan fingerprint density at radius 1 is 1.23 bits per heavy atom. The summed E-state index contributed by atoms with van der Waals surface area (Å²) >= 11 is 0. The third-order valence-corrected chi connectivity index (χ3v) is 2.87. The molecule has 1 rings (SSSR count). The second kappa shape index (κ2) is 5.40. The molecule has 76 valence electrons. The first-order valence-corrected chi connectivity index (χ1v) is 5.27. The summed E-state index contributed by atoms with van der Waals surface area (Å²) in [5, 5.41) is 0. The van der Waals surface area contributed by atoms with Crippen molar-refractivity contribution >= 4 is 0 Å². The molecule has 13 heavy (non-hydrogen) atoms. The van der Waals surface area contributed by atoms with Gasteiger partial charge in [0, 0.05) is 32.2 Å². The average Bonchev–Trinajstić information content (AvgIpc) is 2.15. The molecule has 2 nitrogen and oxygen atoms in total. The normalized spacial score (nSPS) is 23.9. The molecule has 0 bridgehead atoms. The molecule has 0 aromatic heterocycles. The van der Waals surface area contributed by atoms with E-state index in [0.717, 1.165) is 0 Å². The van der Waals surface area contributed by atoms with Gasteiger partial charge in [-0.1, -0.05) is 12.2 Å². The van der Waals surface area contributed by atoms with Gasteiger partial charge in [-0.2, -0.15) is 0 Å². The highest BCUT2D eigenvalue weighted by molar-refractivity contribution is 4.84. The third-order valence-electron chi connectivity index (χ3n) is 2.87. The number of hydrogen-bond donors (Lipinski definition) is 0. The Morgan fingerprint density at radius 3 is 2.38 bits per heavy atom. The van der Waals surface area contributed by atoms with Crippen LogP contribution in [-0.2, 0) is 0 Å². The van der Waals surface area contributed by atoms with Gasteiger partial charge in [-0.15, -0.1) is 0 Å². The molecular weight excluding hydrogens is 160 g/mol. The van der Waals surface area contributed by atoms with E-state index in [2.05, 4.69) is 42.8 Å². The molecule has 0 saturated carbocycles. The summed E-state index contributed by atoms with van der Waals surface area (Å²) in [6, 6.07) is 0.713. The van der Waals surface area contributed by atoms with Crippen molar-refractivity contribution in [2.45, 2.75) is 26.3 Å². The number of likely N-dealkylation sites (N-methyl/N-ethyl adjacent to an activating group) is 1. The molecule has 0 aromatic carbocycles. The van der Waals surface area contributed by atoms with E-state index in [9.17, 15) is 0 Å². The summed E-state index contributed by atoms with van der Waals surface area (Å²) in [5.74, 6) is 0. The molecular formula is C11H22N2. The van der Waals surface area contributed by atoms with Crippen LogP contribution in [-0.4, -0.2) is 49.1 Å². The van der Waals surface area contributed by atoms with Crippen LogP contribution >= 0.6 is 0 Å². The standard InChI is InChI=1S/C11H22N2/c1-4-5-6-11(2)13-9-7-12(3)8-10-13/h4-5,11H,6-10H2,1-3H3. The van der Waals surface area contributed by atoms with Crippen molar-refractivity contribution in [2.24, 2.45) is 0 Å².